The average molecular weight is 350 g/mol. The second-order valence-corrected chi connectivity index (χ2v) is 6.71. The molecule has 4 rings (SSSR count). The van der Waals surface area contributed by atoms with Crippen LogP contribution in [0.4, 0.5) is 0 Å². The number of nitrogens with zero attached hydrogens (tertiary/aromatic N) is 4. The van der Waals surface area contributed by atoms with Gasteiger partial charge >= 0.3 is 0 Å². The fourth-order valence-electron chi connectivity index (χ4n) is 3.47. The molecule has 0 unspecified atom stereocenters. The number of aryl methyl sites for hydroxylation is 3. The van der Waals surface area contributed by atoms with Crippen molar-refractivity contribution in [3.05, 3.63) is 52.9 Å². The zero-order valence-corrected chi connectivity index (χ0v) is 15.0. The lowest BCUT2D eigenvalue weighted by Gasteiger charge is -2.17. The lowest BCUT2D eigenvalue weighted by Crippen LogP contribution is -2.25. The molecule has 134 valence electrons. The molecule has 1 amide bonds. The summed E-state index contributed by atoms with van der Waals surface area (Å²) >= 11 is 0. The van der Waals surface area contributed by atoms with Crippen LogP contribution >= 0.6 is 0 Å². The van der Waals surface area contributed by atoms with Gasteiger partial charge in [0, 0.05) is 24.6 Å². The van der Waals surface area contributed by atoms with Gasteiger partial charge in [-0.15, -0.1) is 0 Å². The Morgan fingerprint density at radius 2 is 2.15 bits per heavy atom. The predicted molar refractivity (Wildman–Crippen MR) is 97.6 cm³/mol. The summed E-state index contributed by atoms with van der Waals surface area (Å²) in [6, 6.07) is 5.66. The van der Waals surface area contributed by atoms with E-state index in [4.69, 9.17) is 0 Å². The third-order valence-corrected chi connectivity index (χ3v) is 4.87. The second kappa shape index (κ2) is 6.74. The van der Waals surface area contributed by atoms with Crippen molar-refractivity contribution in [1.29, 1.82) is 0 Å². The molecule has 3 heterocycles. The molecule has 26 heavy (non-hydrogen) atoms. The summed E-state index contributed by atoms with van der Waals surface area (Å²) in [6.07, 6.45) is 6.38. The van der Waals surface area contributed by atoms with Crippen LogP contribution < -0.4 is 5.32 Å². The van der Waals surface area contributed by atoms with Gasteiger partial charge in [0.2, 0.25) is 0 Å². The van der Waals surface area contributed by atoms with Gasteiger partial charge in [0.05, 0.1) is 12.2 Å². The summed E-state index contributed by atoms with van der Waals surface area (Å²) < 4.78 is 1.96. The number of carbonyl (C=O) groups excluding carboxylic acids is 1. The fourth-order valence-corrected chi connectivity index (χ4v) is 3.47. The van der Waals surface area contributed by atoms with Crippen molar-refractivity contribution < 1.29 is 4.79 Å². The highest BCUT2D eigenvalue weighted by atomic mass is 16.1. The zero-order chi connectivity index (χ0) is 18.1. The van der Waals surface area contributed by atoms with Crippen LogP contribution in [0.3, 0.4) is 0 Å². The molecule has 0 atom stereocenters. The molecular formula is C19H22N6O. The van der Waals surface area contributed by atoms with E-state index in [0.29, 0.717) is 18.1 Å². The van der Waals surface area contributed by atoms with E-state index in [1.165, 1.54) is 18.4 Å². The van der Waals surface area contributed by atoms with Crippen molar-refractivity contribution in [2.24, 2.45) is 7.05 Å². The molecule has 0 bridgehead atoms. The van der Waals surface area contributed by atoms with Crippen LogP contribution in [0, 0.1) is 6.92 Å². The fraction of sp³-hybridized carbons (Fsp3) is 0.368. The van der Waals surface area contributed by atoms with E-state index in [1.807, 2.05) is 36.9 Å². The van der Waals surface area contributed by atoms with E-state index in [0.717, 1.165) is 35.6 Å². The van der Waals surface area contributed by atoms with Crippen molar-refractivity contribution >= 4 is 5.91 Å². The molecule has 0 saturated heterocycles. The van der Waals surface area contributed by atoms with E-state index < -0.39 is 0 Å². The number of fused-ring (bicyclic) bond motifs is 1. The molecule has 0 fully saturated rings. The molecular weight excluding hydrogens is 328 g/mol. The van der Waals surface area contributed by atoms with Crippen molar-refractivity contribution in [2.45, 2.75) is 39.2 Å². The second-order valence-electron chi connectivity index (χ2n) is 6.71. The van der Waals surface area contributed by atoms with Gasteiger partial charge in [-0.25, -0.2) is 9.97 Å². The Balaban J connectivity index is 1.45. The molecule has 0 saturated carbocycles. The topological polar surface area (TPSA) is 88.5 Å². The first-order valence-electron chi connectivity index (χ1n) is 8.92. The van der Waals surface area contributed by atoms with Gasteiger partial charge in [-0.1, -0.05) is 0 Å². The minimum atomic E-state index is -0.211. The largest absolute Gasteiger partial charge is 0.349 e. The van der Waals surface area contributed by atoms with Crippen LogP contribution in [0.5, 0.6) is 0 Å². The Morgan fingerprint density at radius 1 is 1.31 bits per heavy atom. The number of aromatic amines is 1. The van der Waals surface area contributed by atoms with Crippen molar-refractivity contribution in [3.8, 4) is 11.4 Å². The van der Waals surface area contributed by atoms with Crippen molar-refractivity contribution in [3.63, 3.8) is 0 Å². The Kier molecular flexibility index (Phi) is 4.28. The minimum absolute atomic E-state index is 0.211. The number of carbonyl (C=O) groups is 1. The SMILES string of the molecule is Cc1nc(CNC(=O)c2cc(-c3cccn3C)n[nH]2)nc2c1CCCC2. The van der Waals surface area contributed by atoms with Crippen molar-refractivity contribution in [1.82, 2.24) is 30.0 Å². The number of aromatic nitrogens is 5. The maximum absolute atomic E-state index is 12.4. The highest BCUT2D eigenvalue weighted by molar-refractivity contribution is 5.93. The van der Waals surface area contributed by atoms with E-state index in [9.17, 15) is 4.79 Å². The lowest BCUT2D eigenvalue weighted by molar-refractivity contribution is 0.0944. The van der Waals surface area contributed by atoms with Gasteiger partial charge in [-0.3, -0.25) is 9.89 Å². The molecule has 7 nitrogen and oxygen atoms in total. The molecule has 0 aromatic carbocycles. The van der Waals surface area contributed by atoms with E-state index in [-0.39, 0.29) is 5.91 Å². The summed E-state index contributed by atoms with van der Waals surface area (Å²) in [5.41, 5.74) is 5.58. The minimum Gasteiger partial charge on any atom is -0.349 e. The summed E-state index contributed by atoms with van der Waals surface area (Å²) in [4.78, 5) is 21.6. The number of amides is 1. The first-order chi connectivity index (χ1) is 12.6. The van der Waals surface area contributed by atoms with Crippen LogP contribution in [0.15, 0.2) is 24.4 Å². The lowest BCUT2D eigenvalue weighted by atomic mass is 9.95. The smallest absolute Gasteiger partial charge is 0.269 e. The molecule has 3 aromatic rings. The summed E-state index contributed by atoms with van der Waals surface area (Å²) in [7, 11) is 1.94. The molecule has 0 spiro atoms. The van der Waals surface area contributed by atoms with Crippen molar-refractivity contribution in [2.75, 3.05) is 0 Å². The quantitative estimate of drug-likeness (QED) is 0.756. The van der Waals surface area contributed by atoms with Crippen LogP contribution in [-0.2, 0) is 26.4 Å². The van der Waals surface area contributed by atoms with Gasteiger partial charge in [0.1, 0.15) is 17.2 Å². The first-order valence-corrected chi connectivity index (χ1v) is 8.92. The maximum Gasteiger partial charge on any atom is 0.269 e. The third-order valence-electron chi connectivity index (χ3n) is 4.87. The molecule has 1 aliphatic carbocycles. The van der Waals surface area contributed by atoms with Gasteiger partial charge in [-0.05, 0) is 56.4 Å². The number of rotatable bonds is 4. The number of H-pyrrole nitrogens is 1. The standard InChI is InChI=1S/C19H22N6O/c1-12-13-6-3-4-7-14(13)22-18(21-12)11-20-19(26)16-10-15(23-24-16)17-8-5-9-25(17)2/h5,8-10H,3-4,6-7,11H2,1-2H3,(H,20,26)(H,23,24). The van der Waals surface area contributed by atoms with E-state index >= 15 is 0 Å². The van der Waals surface area contributed by atoms with Crippen LogP contribution in [-0.4, -0.2) is 30.6 Å². The van der Waals surface area contributed by atoms with E-state index in [2.05, 4.69) is 25.5 Å². The molecule has 0 aliphatic heterocycles. The van der Waals surface area contributed by atoms with Crippen LogP contribution in [0.2, 0.25) is 0 Å². The first kappa shape index (κ1) is 16.5. The molecule has 1 aliphatic rings. The van der Waals surface area contributed by atoms with Gasteiger partial charge < -0.3 is 9.88 Å². The Labute approximate surface area is 151 Å². The predicted octanol–water partition coefficient (Wildman–Crippen LogP) is 2.32. The third kappa shape index (κ3) is 3.12. The van der Waals surface area contributed by atoms with Gasteiger partial charge in [0.15, 0.2) is 0 Å². The number of hydrogen-bond donors (Lipinski definition) is 2. The molecule has 7 heteroatoms. The summed E-state index contributed by atoms with van der Waals surface area (Å²) in [5.74, 6) is 0.454. The maximum atomic E-state index is 12.4. The number of nitrogens with one attached hydrogen (secondary N) is 2. The van der Waals surface area contributed by atoms with E-state index in [1.54, 1.807) is 6.07 Å². The summed E-state index contributed by atoms with van der Waals surface area (Å²) in [5, 5.41) is 9.91. The summed E-state index contributed by atoms with van der Waals surface area (Å²) in [6.45, 7) is 2.34. The molecule has 2 N–H and O–H groups in total. The van der Waals surface area contributed by atoms with Crippen LogP contribution in [0.25, 0.3) is 11.4 Å². The highest BCUT2D eigenvalue weighted by Crippen LogP contribution is 2.21. The van der Waals surface area contributed by atoms with Gasteiger partial charge in [0.25, 0.3) is 5.91 Å². The normalized spacial score (nSPS) is 13.5. The Morgan fingerprint density at radius 3 is 2.96 bits per heavy atom. The monoisotopic (exact) mass is 350 g/mol. The highest BCUT2D eigenvalue weighted by Gasteiger charge is 2.17. The van der Waals surface area contributed by atoms with Crippen LogP contribution in [0.1, 0.15) is 46.1 Å². The molecule has 3 aromatic heterocycles. The van der Waals surface area contributed by atoms with Gasteiger partial charge in [-0.2, -0.15) is 5.10 Å². The Hall–Kier alpha value is -2.96. The number of hydrogen-bond acceptors (Lipinski definition) is 4. The zero-order valence-electron chi connectivity index (χ0n) is 15.0. The average Bonchev–Trinajstić information content (AvgIpc) is 3.28. The Bertz CT molecular complexity index is 955. The molecule has 0 radical (unpaired) electrons.